The Labute approximate surface area is 156 Å². The average molecular weight is 354 g/mol. The number of rotatable bonds is 2. The van der Waals surface area contributed by atoms with Gasteiger partial charge in [-0.25, -0.2) is 4.79 Å². The third-order valence-electron chi connectivity index (χ3n) is 7.53. The summed E-state index contributed by atoms with van der Waals surface area (Å²) < 4.78 is 5.28. The lowest BCUT2D eigenvalue weighted by Crippen LogP contribution is -2.40. The number of aromatic hydroxyl groups is 1. The normalized spacial score (nSPS) is 34.5. The number of hydrogen-bond donors (Lipinski definition) is 1. The molecule has 0 aromatic heterocycles. The number of carbonyl (C=O) groups excluding carboxylic acids is 1. The first kappa shape index (κ1) is 17.6. The fraction of sp³-hybridized carbons (Fsp3) is 0.609. The minimum atomic E-state index is -0.129. The van der Waals surface area contributed by atoms with E-state index in [1.165, 1.54) is 36.0 Å². The molecule has 1 aromatic rings. The van der Waals surface area contributed by atoms with Crippen molar-refractivity contribution in [2.24, 2.45) is 17.3 Å². The second-order valence-electron chi connectivity index (χ2n) is 8.62. The largest absolute Gasteiger partial charge is 0.508 e. The van der Waals surface area contributed by atoms with Crippen molar-refractivity contribution in [3.8, 4) is 5.75 Å². The number of hydrogen-bond acceptors (Lipinski definition) is 3. The van der Waals surface area contributed by atoms with Crippen LogP contribution in [-0.2, 0) is 16.0 Å². The lowest BCUT2D eigenvalue weighted by atomic mass is 9.55. The Kier molecular flexibility index (Phi) is 4.37. The summed E-state index contributed by atoms with van der Waals surface area (Å²) in [5, 5.41) is 9.82. The lowest BCUT2D eigenvalue weighted by molar-refractivity contribution is -0.138. The van der Waals surface area contributed by atoms with Crippen molar-refractivity contribution in [3.05, 3.63) is 40.5 Å². The van der Waals surface area contributed by atoms with Gasteiger partial charge in [0.2, 0.25) is 0 Å². The van der Waals surface area contributed by atoms with E-state index in [-0.39, 0.29) is 11.4 Å². The van der Waals surface area contributed by atoms with Crippen LogP contribution in [0.5, 0.6) is 5.75 Å². The summed E-state index contributed by atoms with van der Waals surface area (Å²) in [5.74, 6) is 2.22. The van der Waals surface area contributed by atoms with E-state index in [1.54, 1.807) is 0 Å². The first-order valence-corrected chi connectivity index (χ1v) is 10.1. The number of aryl methyl sites for hydroxylation is 1. The molecule has 140 valence electrons. The van der Waals surface area contributed by atoms with Gasteiger partial charge in [0, 0.05) is 5.57 Å². The fourth-order valence-electron chi connectivity index (χ4n) is 6.36. The van der Waals surface area contributed by atoms with E-state index in [4.69, 9.17) is 4.74 Å². The van der Waals surface area contributed by atoms with Gasteiger partial charge in [-0.3, -0.25) is 0 Å². The highest BCUT2D eigenvalue weighted by Gasteiger charge is 2.53. The molecular weight excluding hydrogens is 324 g/mol. The molecule has 0 aliphatic heterocycles. The van der Waals surface area contributed by atoms with Gasteiger partial charge < -0.3 is 9.84 Å². The van der Waals surface area contributed by atoms with Crippen LogP contribution in [0.3, 0.4) is 0 Å². The van der Waals surface area contributed by atoms with Crippen LogP contribution in [0.4, 0.5) is 0 Å². The van der Waals surface area contributed by atoms with E-state index in [9.17, 15) is 9.90 Å². The Morgan fingerprint density at radius 3 is 2.85 bits per heavy atom. The highest BCUT2D eigenvalue weighted by Crippen LogP contribution is 2.63. The molecule has 3 heteroatoms. The number of esters is 1. The van der Waals surface area contributed by atoms with Crippen molar-refractivity contribution in [1.82, 2.24) is 0 Å². The molecule has 2 saturated carbocycles. The standard InChI is InChI=1S/C23H30O3/c1-4-26-22(25)14(2)20-9-10-21-19-7-5-15-13-16(24)6-8-17(15)18(19)11-12-23(20,21)3/h6,8,13,18-19,21,24H,4-5,7,9-12H2,1-3H3/t18?,19?,21?,23-/m1/s1. The number of allylic oxidation sites excluding steroid dienone is 1. The number of phenols is 1. The van der Waals surface area contributed by atoms with Crippen molar-refractivity contribution >= 4 is 5.97 Å². The smallest absolute Gasteiger partial charge is 0.333 e. The number of phenolic OH excluding ortho intramolecular Hbond substituents is 1. The Morgan fingerprint density at radius 2 is 2.08 bits per heavy atom. The predicted octanol–water partition coefficient (Wildman–Crippen LogP) is 5.13. The van der Waals surface area contributed by atoms with Crippen molar-refractivity contribution in [2.45, 2.75) is 65.2 Å². The average Bonchev–Trinajstić information content (AvgIpc) is 2.98. The van der Waals surface area contributed by atoms with Gasteiger partial charge in [0.05, 0.1) is 6.61 Å². The summed E-state index contributed by atoms with van der Waals surface area (Å²) in [5.41, 5.74) is 5.16. The molecule has 3 nitrogen and oxygen atoms in total. The molecule has 2 fully saturated rings. The number of carbonyl (C=O) groups is 1. The zero-order valence-electron chi connectivity index (χ0n) is 16.2. The van der Waals surface area contributed by atoms with E-state index >= 15 is 0 Å². The van der Waals surface area contributed by atoms with Crippen molar-refractivity contribution in [1.29, 1.82) is 0 Å². The SMILES string of the molecule is CCOC(=O)C(C)=C1CCC2C3CCc4cc(O)ccc4C3CC[C@]12C. The molecule has 3 aliphatic rings. The van der Waals surface area contributed by atoms with E-state index in [0.29, 0.717) is 30.1 Å². The topological polar surface area (TPSA) is 46.5 Å². The van der Waals surface area contributed by atoms with Gasteiger partial charge in [-0.1, -0.05) is 18.6 Å². The van der Waals surface area contributed by atoms with E-state index in [2.05, 4.69) is 13.0 Å². The molecule has 26 heavy (non-hydrogen) atoms. The molecule has 3 aliphatic carbocycles. The highest BCUT2D eigenvalue weighted by atomic mass is 16.5. The van der Waals surface area contributed by atoms with E-state index < -0.39 is 0 Å². The van der Waals surface area contributed by atoms with Crippen LogP contribution in [0.25, 0.3) is 0 Å². The van der Waals surface area contributed by atoms with E-state index in [0.717, 1.165) is 24.8 Å². The summed E-state index contributed by atoms with van der Waals surface area (Å²) in [7, 11) is 0. The molecule has 1 aromatic carbocycles. The van der Waals surface area contributed by atoms with Crippen LogP contribution < -0.4 is 0 Å². The van der Waals surface area contributed by atoms with Gasteiger partial charge in [-0.15, -0.1) is 0 Å². The summed E-state index contributed by atoms with van der Waals surface area (Å²) in [6.45, 7) is 6.67. The van der Waals surface area contributed by atoms with Crippen LogP contribution in [-0.4, -0.2) is 17.7 Å². The molecule has 0 saturated heterocycles. The molecule has 0 bridgehead atoms. The van der Waals surface area contributed by atoms with Crippen molar-refractivity contribution in [3.63, 3.8) is 0 Å². The number of benzene rings is 1. The van der Waals surface area contributed by atoms with Gasteiger partial charge >= 0.3 is 5.97 Å². The van der Waals surface area contributed by atoms with E-state index in [1.807, 2.05) is 26.0 Å². The lowest BCUT2D eigenvalue weighted by Gasteiger charge is -2.49. The third kappa shape index (κ3) is 2.59. The molecule has 1 N–H and O–H groups in total. The number of ether oxygens (including phenoxy) is 1. The third-order valence-corrected chi connectivity index (χ3v) is 7.53. The first-order valence-electron chi connectivity index (χ1n) is 10.1. The molecule has 0 heterocycles. The molecule has 0 amide bonds. The second-order valence-corrected chi connectivity index (χ2v) is 8.62. The molecule has 4 atom stereocenters. The van der Waals surface area contributed by atoms with Crippen LogP contribution in [0.1, 0.15) is 69.9 Å². The predicted molar refractivity (Wildman–Crippen MR) is 102 cm³/mol. The molecule has 0 radical (unpaired) electrons. The molecule has 3 unspecified atom stereocenters. The zero-order chi connectivity index (χ0) is 18.5. The van der Waals surface area contributed by atoms with Gasteiger partial charge in [0.25, 0.3) is 0 Å². The fourth-order valence-corrected chi connectivity index (χ4v) is 6.36. The molecular formula is C23H30O3. The van der Waals surface area contributed by atoms with Crippen molar-refractivity contribution < 1.29 is 14.6 Å². The van der Waals surface area contributed by atoms with Crippen molar-refractivity contribution in [2.75, 3.05) is 6.61 Å². The van der Waals surface area contributed by atoms with Crippen LogP contribution in [0.15, 0.2) is 29.3 Å². The first-order chi connectivity index (χ1) is 12.5. The quantitative estimate of drug-likeness (QED) is 0.592. The molecule has 4 rings (SSSR count). The highest BCUT2D eigenvalue weighted by molar-refractivity contribution is 5.89. The Morgan fingerprint density at radius 1 is 1.27 bits per heavy atom. The minimum absolute atomic E-state index is 0.129. The second kappa shape index (κ2) is 6.44. The van der Waals surface area contributed by atoms with Crippen LogP contribution in [0, 0.1) is 17.3 Å². The van der Waals surface area contributed by atoms with Crippen LogP contribution in [0.2, 0.25) is 0 Å². The van der Waals surface area contributed by atoms with Crippen LogP contribution >= 0.6 is 0 Å². The number of fused-ring (bicyclic) bond motifs is 5. The maximum Gasteiger partial charge on any atom is 0.333 e. The Hall–Kier alpha value is -1.77. The minimum Gasteiger partial charge on any atom is -0.508 e. The zero-order valence-corrected chi connectivity index (χ0v) is 16.2. The summed E-state index contributed by atoms with van der Waals surface area (Å²) in [4.78, 5) is 12.3. The Bertz CT molecular complexity index is 763. The maximum atomic E-state index is 12.3. The summed E-state index contributed by atoms with van der Waals surface area (Å²) >= 11 is 0. The summed E-state index contributed by atoms with van der Waals surface area (Å²) in [6, 6.07) is 5.96. The van der Waals surface area contributed by atoms with Gasteiger partial charge in [0.1, 0.15) is 5.75 Å². The van der Waals surface area contributed by atoms with Gasteiger partial charge in [0.15, 0.2) is 0 Å². The maximum absolute atomic E-state index is 12.3. The van der Waals surface area contributed by atoms with Gasteiger partial charge in [-0.05, 0) is 98.8 Å². The summed E-state index contributed by atoms with van der Waals surface area (Å²) in [6.07, 6.45) is 6.81. The Balaban J connectivity index is 1.66. The van der Waals surface area contributed by atoms with Gasteiger partial charge in [-0.2, -0.15) is 0 Å². The molecule has 0 spiro atoms. The monoisotopic (exact) mass is 354 g/mol.